The maximum atomic E-state index is 14.2. The van der Waals surface area contributed by atoms with E-state index in [4.69, 9.17) is 9.66 Å². The number of alkyl halides is 3. The van der Waals surface area contributed by atoms with Crippen LogP contribution in [0.4, 0.5) is 17.6 Å². The van der Waals surface area contributed by atoms with Gasteiger partial charge in [0.05, 0.1) is 10.5 Å². The molecular weight excluding hydrogens is 474 g/mol. The first-order valence-electron chi connectivity index (χ1n) is 9.95. The minimum atomic E-state index is -4.77. The van der Waals surface area contributed by atoms with Gasteiger partial charge in [0.25, 0.3) is 5.89 Å². The first-order valence-corrected chi connectivity index (χ1v) is 11.5. The lowest BCUT2D eigenvalue weighted by Crippen LogP contribution is -2.14. The van der Waals surface area contributed by atoms with E-state index in [-0.39, 0.29) is 33.3 Å². The van der Waals surface area contributed by atoms with E-state index in [1.54, 1.807) is 6.92 Å². The molecule has 176 valence electrons. The molecule has 0 saturated carbocycles. The van der Waals surface area contributed by atoms with Crippen molar-refractivity contribution in [1.82, 2.24) is 10.1 Å². The fourth-order valence-electron chi connectivity index (χ4n) is 3.56. The Hall–Kier alpha value is -3.57. The molecular formula is C23H17F4N3O3S. The molecule has 0 atom stereocenters. The molecule has 4 rings (SSSR count). The Kier molecular flexibility index (Phi) is 6.00. The minimum absolute atomic E-state index is 0.0111. The van der Waals surface area contributed by atoms with Gasteiger partial charge < -0.3 is 4.52 Å². The minimum Gasteiger partial charge on any atom is -0.334 e. The normalized spacial score (nSPS) is 12.2. The Labute approximate surface area is 192 Å². The number of aryl methyl sites for hydroxylation is 1. The van der Waals surface area contributed by atoms with Gasteiger partial charge in [0.1, 0.15) is 5.82 Å². The summed E-state index contributed by atoms with van der Waals surface area (Å²) in [6.07, 6.45) is -4.41. The molecule has 0 unspecified atom stereocenters. The Balaban J connectivity index is 1.77. The number of nitrogens with two attached hydrogens (primary N) is 1. The molecule has 1 heterocycles. The van der Waals surface area contributed by atoms with Crippen molar-refractivity contribution in [2.24, 2.45) is 5.14 Å². The van der Waals surface area contributed by atoms with Gasteiger partial charge in [0, 0.05) is 16.7 Å². The number of nitrogens with zero attached hydrogens (tertiary/aromatic N) is 2. The average molecular weight is 491 g/mol. The number of aromatic nitrogens is 2. The van der Waals surface area contributed by atoms with Gasteiger partial charge in [-0.25, -0.2) is 17.9 Å². The summed E-state index contributed by atoms with van der Waals surface area (Å²) in [5, 5.41) is 9.03. The molecule has 0 bridgehead atoms. The average Bonchev–Trinajstić information content (AvgIpc) is 3.28. The third-order valence-corrected chi connectivity index (χ3v) is 6.18. The van der Waals surface area contributed by atoms with Gasteiger partial charge in [-0.15, -0.1) is 0 Å². The van der Waals surface area contributed by atoms with Crippen LogP contribution < -0.4 is 5.14 Å². The van der Waals surface area contributed by atoms with Crippen molar-refractivity contribution < 1.29 is 30.5 Å². The summed E-state index contributed by atoms with van der Waals surface area (Å²) in [5.41, 5.74) is -0.739. The van der Waals surface area contributed by atoms with E-state index in [0.717, 1.165) is 18.2 Å². The Morgan fingerprint density at radius 2 is 1.68 bits per heavy atom. The highest BCUT2D eigenvalue weighted by molar-refractivity contribution is 7.89. The quantitative estimate of drug-likeness (QED) is 0.375. The maximum Gasteiger partial charge on any atom is 0.417 e. The Morgan fingerprint density at radius 3 is 2.32 bits per heavy atom. The van der Waals surface area contributed by atoms with Crippen LogP contribution in [0.3, 0.4) is 0 Å². The van der Waals surface area contributed by atoms with Crippen LogP contribution in [0.1, 0.15) is 18.1 Å². The zero-order chi connectivity index (χ0) is 24.7. The fraction of sp³-hybridized carbons (Fsp3) is 0.130. The molecule has 3 aromatic carbocycles. The van der Waals surface area contributed by atoms with Crippen LogP contribution in [0.25, 0.3) is 34.0 Å². The predicted molar refractivity (Wildman–Crippen MR) is 116 cm³/mol. The topological polar surface area (TPSA) is 99.1 Å². The van der Waals surface area contributed by atoms with Crippen LogP contribution >= 0.6 is 0 Å². The van der Waals surface area contributed by atoms with Crippen molar-refractivity contribution in [3.05, 3.63) is 77.6 Å². The molecule has 0 aliphatic carbocycles. The van der Waals surface area contributed by atoms with E-state index in [2.05, 4.69) is 10.1 Å². The van der Waals surface area contributed by atoms with E-state index in [1.807, 2.05) is 0 Å². The van der Waals surface area contributed by atoms with Gasteiger partial charge in [-0.3, -0.25) is 0 Å². The molecule has 0 saturated heterocycles. The second-order valence-electron chi connectivity index (χ2n) is 7.38. The molecule has 0 fully saturated rings. The van der Waals surface area contributed by atoms with E-state index < -0.39 is 27.6 Å². The van der Waals surface area contributed by atoms with Gasteiger partial charge in [0.15, 0.2) is 0 Å². The van der Waals surface area contributed by atoms with Crippen molar-refractivity contribution in [1.29, 1.82) is 0 Å². The van der Waals surface area contributed by atoms with Crippen molar-refractivity contribution in [2.75, 3.05) is 0 Å². The third kappa shape index (κ3) is 4.57. The first kappa shape index (κ1) is 23.6. The largest absolute Gasteiger partial charge is 0.417 e. The number of benzene rings is 3. The van der Waals surface area contributed by atoms with Crippen LogP contribution in [0.5, 0.6) is 0 Å². The Bertz CT molecular complexity index is 1480. The molecule has 11 heteroatoms. The van der Waals surface area contributed by atoms with E-state index >= 15 is 0 Å². The number of hydrogen-bond acceptors (Lipinski definition) is 5. The standard InChI is InChI=1S/C23H17F4N3O3S/c1-2-13-11-14(8-10-20(13)34(28,31)32)21-29-22(33-30-21)15-7-9-16(18(12-15)23(25,26)27)17-5-3-4-6-19(17)24/h3-12H,2H2,1H3,(H2,28,31,32). The van der Waals surface area contributed by atoms with Crippen LogP contribution in [-0.4, -0.2) is 18.6 Å². The van der Waals surface area contributed by atoms with Crippen LogP contribution in [0.15, 0.2) is 70.1 Å². The number of rotatable bonds is 5. The van der Waals surface area contributed by atoms with Crippen molar-refractivity contribution >= 4 is 10.0 Å². The molecule has 6 nitrogen and oxygen atoms in total. The van der Waals surface area contributed by atoms with Crippen molar-refractivity contribution in [2.45, 2.75) is 24.4 Å². The number of sulfonamides is 1. The lowest BCUT2D eigenvalue weighted by atomic mass is 9.96. The van der Waals surface area contributed by atoms with Crippen LogP contribution in [0, 0.1) is 5.82 Å². The zero-order valence-corrected chi connectivity index (χ0v) is 18.4. The number of primary sulfonamides is 1. The lowest BCUT2D eigenvalue weighted by molar-refractivity contribution is -0.137. The second kappa shape index (κ2) is 8.65. The van der Waals surface area contributed by atoms with Crippen molar-refractivity contribution in [3.8, 4) is 34.0 Å². The lowest BCUT2D eigenvalue weighted by Gasteiger charge is -2.14. The summed E-state index contributed by atoms with van der Waals surface area (Å²) in [4.78, 5) is 4.12. The molecule has 34 heavy (non-hydrogen) atoms. The smallest absolute Gasteiger partial charge is 0.334 e. The molecule has 0 aliphatic heterocycles. The molecule has 0 radical (unpaired) electrons. The highest BCUT2D eigenvalue weighted by Gasteiger charge is 2.35. The van der Waals surface area contributed by atoms with Gasteiger partial charge in [0.2, 0.25) is 15.8 Å². The zero-order valence-electron chi connectivity index (χ0n) is 17.6. The molecule has 1 aromatic heterocycles. The summed E-state index contributed by atoms with van der Waals surface area (Å²) < 4.78 is 84.2. The number of hydrogen-bond donors (Lipinski definition) is 1. The predicted octanol–water partition coefficient (Wildman–Crippen LogP) is 5.44. The van der Waals surface area contributed by atoms with Gasteiger partial charge in [-0.1, -0.05) is 36.3 Å². The van der Waals surface area contributed by atoms with E-state index in [0.29, 0.717) is 17.5 Å². The van der Waals surface area contributed by atoms with Gasteiger partial charge >= 0.3 is 6.18 Å². The summed E-state index contributed by atoms with van der Waals surface area (Å²) >= 11 is 0. The molecule has 0 amide bonds. The summed E-state index contributed by atoms with van der Waals surface area (Å²) in [5.74, 6) is -0.915. The molecule has 0 aliphatic rings. The van der Waals surface area contributed by atoms with Gasteiger partial charge in [-0.05, 0) is 53.9 Å². The summed E-state index contributed by atoms with van der Waals surface area (Å²) in [7, 11) is -3.93. The highest BCUT2D eigenvalue weighted by Crippen LogP contribution is 2.40. The second-order valence-corrected chi connectivity index (χ2v) is 8.91. The SMILES string of the molecule is CCc1cc(-c2noc(-c3ccc(-c4ccccc4F)c(C(F)(F)F)c3)n2)ccc1S(N)(=O)=O. The summed E-state index contributed by atoms with van der Waals surface area (Å²) in [6, 6.07) is 12.7. The maximum absolute atomic E-state index is 14.2. The molecule has 2 N–H and O–H groups in total. The molecule has 0 spiro atoms. The van der Waals surface area contributed by atoms with Crippen LogP contribution in [-0.2, 0) is 22.6 Å². The van der Waals surface area contributed by atoms with E-state index in [9.17, 15) is 26.0 Å². The van der Waals surface area contributed by atoms with Crippen LogP contribution in [0.2, 0.25) is 0 Å². The fourth-order valence-corrected chi connectivity index (χ4v) is 4.38. The Morgan fingerprint density at radius 1 is 0.971 bits per heavy atom. The summed E-state index contributed by atoms with van der Waals surface area (Å²) in [6.45, 7) is 1.74. The highest BCUT2D eigenvalue weighted by atomic mass is 32.2. The van der Waals surface area contributed by atoms with E-state index in [1.165, 1.54) is 42.5 Å². The van der Waals surface area contributed by atoms with Crippen molar-refractivity contribution in [3.63, 3.8) is 0 Å². The van der Waals surface area contributed by atoms with Gasteiger partial charge in [-0.2, -0.15) is 18.2 Å². The number of halogens is 4. The monoisotopic (exact) mass is 491 g/mol. The molecule has 4 aromatic rings. The first-order chi connectivity index (χ1) is 16.0. The third-order valence-electron chi connectivity index (χ3n) is 5.17.